The molecule has 0 saturated heterocycles. The molecule has 0 aliphatic carbocycles. The van der Waals surface area contributed by atoms with Crippen LogP contribution in [-0.2, 0) is 0 Å². The van der Waals surface area contributed by atoms with Crippen molar-refractivity contribution in [3.05, 3.63) is 34.6 Å². The molecular weight excluding hydrogens is 219 g/mol. The Morgan fingerprint density at radius 1 is 0.800 bits per heavy atom. The van der Waals surface area contributed by atoms with Crippen molar-refractivity contribution in [3.63, 3.8) is 0 Å². The summed E-state index contributed by atoms with van der Waals surface area (Å²) in [6, 6.07) is 0. The molecule has 1 N–H and O–H groups in total. The number of halogens is 5. The summed E-state index contributed by atoms with van der Waals surface area (Å²) in [6.07, 6.45) is 0. The Morgan fingerprint density at radius 2 is 1.20 bits per heavy atom. The monoisotopic (exact) mass is 222 g/mol. The molecule has 0 atom stereocenters. The summed E-state index contributed by atoms with van der Waals surface area (Å²) in [5, 5.41) is 8.22. The largest absolute Gasteiger partial charge is 0.384 e. The molecule has 0 unspecified atom stereocenters. The maximum Gasteiger partial charge on any atom is 0.200 e. The van der Waals surface area contributed by atoms with Gasteiger partial charge in [-0.2, -0.15) is 0 Å². The third kappa shape index (κ3) is 1.92. The van der Waals surface area contributed by atoms with Gasteiger partial charge in [0, 0.05) is 0 Å². The lowest BCUT2D eigenvalue weighted by atomic mass is 10.1. The highest BCUT2D eigenvalue weighted by Gasteiger charge is 2.24. The first-order valence-corrected chi connectivity index (χ1v) is 3.61. The van der Waals surface area contributed by atoms with Crippen LogP contribution in [-0.4, -0.2) is 11.7 Å². The average Bonchev–Trinajstić information content (AvgIpc) is 2.24. The smallest absolute Gasteiger partial charge is 0.200 e. The van der Waals surface area contributed by atoms with E-state index in [1.165, 1.54) is 0 Å². The highest BCUT2D eigenvalue weighted by Crippen LogP contribution is 2.21. The van der Waals surface area contributed by atoms with Crippen molar-refractivity contribution in [1.29, 1.82) is 0 Å². The minimum atomic E-state index is -2.24. The molecule has 15 heavy (non-hydrogen) atoms. The van der Waals surface area contributed by atoms with Gasteiger partial charge in [-0.1, -0.05) is 11.8 Å². The Balaban J connectivity index is 3.52. The van der Waals surface area contributed by atoms with Crippen LogP contribution in [0.25, 0.3) is 0 Å². The van der Waals surface area contributed by atoms with Crippen molar-refractivity contribution in [2.75, 3.05) is 6.61 Å². The van der Waals surface area contributed by atoms with E-state index in [-0.39, 0.29) is 0 Å². The van der Waals surface area contributed by atoms with Crippen molar-refractivity contribution >= 4 is 0 Å². The number of rotatable bonds is 0. The van der Waals surface area contributed by atoms with Crippen LogP contribution < -0.4 is 0 Å². The normalized spacial score (nSPS) is 9.73. The lowest BCUT2D eigenvalue weighted by Crippen LogP contribution is -2.04. The molecule has 0 saturated carbocycles. The van der Waals surface area contributed by atoms with E-state index in [2.05, 4.69) is 0 Å². The molecule has 0 fully saturated rings. The summed E-state index contributed by atoms with van der Waals surface area (Å²) in [6.45, 7) is -0.751. The van der Waals surface area contributed by atoms with Gasteiger partial charge in [0.05, 0.1) is 0 Å². The van der Waals surface area contributed by atoms with Crippen LogP contribution in [0, 0.1) is 40.9 Å². The van der Waals surface area contributed by atoms with Crippen LogP contribution >= 0.6 is 0 Å². The predicted octanol–water partition coefficient (Wildman–Crippen LogP) is 1.73. The number of aliphatic hydroxyl groups excluding tert-OH is 1. The van der Waals surface area contributed by atoms with Crippen LogP contribution in [0.15, 0.2) is 0 Å². The number of aliphatic hydroxyl groups is 1. The van der Waals surface area contributed by atoms with Gasteiger partial charge in [0.2, 0.25) is 5.82 Å². The third-order valence-electron chi connectivity index (χ3n) is 1.50. The van der Waals surface area contributed by atoms with E-state index in [4.69, 9.17) is 5.11 Å². The van der Waals surface area contributed by atoms with Gasteiger partial charge in [0.25, 0.3) is 0 Å². The fourth-order valence-corrected chi connectivity index (χ4v) is 0.843. The van der Waals surface area contributed by atoms with Crippen LogP contribution in [0.1, 0.15) is 5.56 Å². The Hall–Kier alpha value is -1.61. The molecule has 1 nitrogen and oxygen atoms in total. The molecule has 6 heteroatoms. The van der Waals surface area contributed by atoms with Gasteiger partial charge in [0.15, 0.2) is 23.3 Å². The molecule has 0 aliphatic rings. The SMILES string of the molecule is OCC#Cc1c(F)c(F)c(F)c(F)c1F. The minimum Gasteiger partial charge on any atom is -0.384 e. The van der Waals surface area contributed by atoms with Crippen LogP contribution in [0.2, 0.25) is 0 Å². The number of hydrogen-bond donors (Lipinski definition) is 1. The van der Waals surface area contributed by atoms with E-state index in [0.717, 1.165) is 0 Å². The lowest BCUT2D eigenvalue weighted by Gasteiger charge is -2.01. The van der Waals surface area contributed by atoms with Crippen LogP contribution in [0.5, 0.6) is 0 Å². The summed E-state index contributed by atoms with van der Waals surface area (Å²) < 4.78 is 63.2. The zero-order chi connectivity index (χ0) is 11.6. The molecule has 0 aliphatic heterocycles. The average molecular weight is 222 g/mol. The first-order valence-electron chi connectivity index (χ1n) is 3.61. The molecule has 0 aromatic heterocycles. The van der Waals surface area contributed by atoms with Crippen LogP contribution in [0.4, 0.5) is 22.0 Å². The Bertz CT molecular complexity index is 429. The molecular formula is C9H3F5O. The van der Waals surface area contributed by atoms with Gasteiger partial charge >= 0.3 is 0 Å². The van der Waals surface area contributed by atoms with Crippen molar-refractivity contribution in [1.82, 2.24) is 0 Å². The summed E-state index contributed by atoms with van der Waals surface area (Å²) >= 11 is 0. The zero-order valence-electron chi connectivity index (χ0n) is 7.04. The molecule has 1 rings (SSSR count). The lowest BCUT2D eigenvalue weighted by molar-refractivity contribution is 0.350. The summed E-state index contributed by atoms with van der Waals surface area (Å²) in [5.74, 6) is -6.94. The molecule has 1 aromatic rings. The molecule has 0 radical (unpaired) electrons. The topological polar surface area (TPSA) is 20.2 Å². The highest BCUT2D eigenvalue weighted by molar-refractivity contribution is 5.38. The zero-order valence-corrected chi connectivity index (χ0v) is 7.04. The maximum absolute atomic E-state index is 12.8. The molecule has 0 bridgehead atoms. The molecule has 0 amide bonds. The second-order valence-electron chi connectivity index (χ2n) is 2.40. The molecule has 0 spiro atoms. The van der Waals surface area contributed by atoms with Gasteiger partial charge in [0.1, 0.15) is 12.2 Å². The maximum atomic E-state index is 12.8. The number of benzene rings is 1. The van der Waals surface area contributed by atoms with Crippen molar-refractivity contribution in [2.45, 2.75) is 0 Å². The quantitative estimate of drug-likeness (QED) is 0.307. The van der Waals surface area contributed by atoms with Gasteiger partial charge in [-0.15, -0.1) is 0 Å². The molecule has 1 aromatic carbocycles. The minimum absolute atomic E-state index is 0.751. The summed E-state index contributed by atoms with van der Waals surface area (Å²) in [5.41, 5.74) is -1.25. The second kappa shape index (κ2) is 4.28. The second-order valence-corrected chi connectivity index (χ2v) is 2.40. The van der Waals surface area contributed by atoms with Crippen molar-refractivity contribution in [3.8, 4) is 11.8 Å². The van der Waals surface area contributed by atoms with E-state index >= 15 is 0 Å². The van der Waals surface area contributed by atoms with Crippen molar-refractivity contribution < 1.29 is 27.1 Å². The standard InChI is InChI=1S/C9H3F5O/c10-5-4(2-1-3-15)6(11)8(13)9(14)7(5)12/h15H,3H2. The van der Waals surface area contributed by atoms with Gasteiger partial charge < -0.3 is 5.11 Å². The third-order valence-corrected chi connectivity index (χ3v) is 1.50. The van der Waals surface area contributed by atoms with E-state index in [9.17, 15) is 22.0 Å². The van der Waals surface area contributed by atoms with Crippen LogP contribution in [0.3, 0.4) is 0 Å². The van der Waals surface area contributed by atoms with E-state index < -0.39 is 41.3 Å². The Kier molecular flexibility index (Phi) is 3.27. The van der Waals surface area contributed by atoms with Crippen molar-refractivity contribution in [2.24, 2.45) is 0 Å². The molecule has 80 valence electrons. The predicted molar refractivity (Wildman–Crippen MR) is 40.2 cm³/mol. The first kappa shape index (κ1) is 11.5. The fourth-order valence-electron chi connectivity index (χ4n) is 0.843. The first-order chi connectivity index (χ1) is 7.00. The van der Waals surface area contributed by atoms with E-state index in [1.54, 1.807) is 11.8 Å². The fraction of sp³-hybridized carbons (Fsp3) is 0.111. The van der Waals surface area contributed by atoms with Gasteiger partial charge in [-0.05, 0) is 0 Å². The number of hydrogen-bond acceptors (Lipinski definition) is 1. The summed E-state index contributed by atoms with van der Waals surface area (Å²) in [4.78, 5) is 0. The van der Waals surface area contributed by atoms with E-state index in [0.29, 0.717) is 0 Å². The highest BCUT2D eigenvalue weighted by atomic mass is 19.2. The van der Waals surface area contributed by atoms with E-state index in [1.807, 2.05) is 0 Å². The van der Waals surface area contributed by atoms with Gasteiger partial charge in [-0.25, -0.2) is 22.0 Å². The Labute approximate surface area is 81.1 Å². The Morgan fingerprint density at radius 3 is 1.60 bits per heavy atom. The molecule has 0 heterocycles. The summed E-state index contributed by atoms with van der Waals surface area (Å²) in [7, 11) is 0. The van der Waals surface area contributed by atoms with Gasteiger partial charge in [-0.3, -0.25) is 0 Å².